The van der Waals surface area contributed by atoms with E-state index in [-0.39, 0.29) is 28.5 Å². The number of hydrogen-bond donors (Lipinski definition) is 0. The average Bonchev–Trinajstić information content (AvgIpc) is 2.68. The van der Waals surface area contributed by atoms with Crippen LogP contribution in [0.3, 0.4) is 0 Å². The van der Waals surface area contributed by atoms with Crippen LogP contribution in [0.25, 0.3) is 6.08 Å². The summed E-state index contributed by atoms with van der Waals surface area (Å²) < 4.78 is 22.4. The van der Waals surface area contributed by atoms with Crippen LogP contribution in [0.5, 0.6) is 23.0 Å². The van der Waals surface area contributed by atoms with Gasteiger partial charge < -0.3 is 18.9 Å². The van der Waals surface area contributed by atoms with Crippen LogP contribution in [0.2, 0.25) is 0 Å². The molecule has 0 saturated heterocycles. The largest absolute Gasteiger partial charge is 0.493 e. The molecule has 0 heterocycles. The highest BCUT2D eigenvalue weighted by molar-refractivity contribution is 9.11. The van der Waals surface area contributed by atoms with E-state index in [1.54, 1.807) is 12.1 Å². The number of halogens is 2. The number of methoxy groups -OCH3 is 3. The van der Waals surface area contributed by atoms with Crippen LogP contribution >= 0.6 is 31.9 Å². The molecule has 2 rings (SSSR count). The Bertz CT molecular complexity index is 964. The van der Waals surface area contributed by atoms with Gasteiger partial charge in [0.25, 0.3) is 0 Å². The van der Waals surface area contributed by atoms with E-state index < -0.39 is 10.9 Å². The van der Waals surface area contributed by atoms with Crippen molar-refractivity contribution in [2.45, 2.75) is 6.92 Å². The quantitative estimate of drug-likeness (QED) is 0.213. The molecular formula is C19H17Br2NO7. The van der Waals surface area contributed by atoms with Gasteiger partial charge in [-0.1, -0.05) is 15.9 Å². The van der Waals surface area contributed by atoms with Gasteiger partial charge in [-0.25, -0.2) is 4.79 Å². The van der Waals surface area contributed by atoms with Gasteiger partial charge in [0, 0.05) is 23.0 Å². The third-order valence-corrected chi connectivity index (χ3v) is 4.83. The van der Waals surface area contributed by atoms with Gasteiger partial charge in [-0.3, -0.25) is 10.1 Å². The van der Waals surface area contributed by atoms with Crippen molar-refractivity contribution in [1.82, 2.24) is 0 Å². The molecular weight excluding hydrogens is 514 g/mol. The second-order valence-corrected chi connectivity index (χ2v) is 7.42. The zero-order valence-corrected chi connectivity index (χ0v) is 19.1. The van der Waals surface area contributed by atoms with Gasteiger partial charge in [0.2, 0.25) is 11.4 Å². The second-order valence-electron chi connectivity index (χ2n) is 5.65. The third kappa shape index (κ3) is 5.27. The molecule has 0 unspecified atom stereocenters. The number of ether oxygens (including phenoxy) is 4. The van der Waals surface area contributed by atoms with Crippen molar-refractivity contribution >= 4 is 43.9 Å². The maximum Gasteiger partial charge on any atom is 0.343 e. The lowest BCUT2D eigenvalue weighted by Gasteiger charge is -2.15. The molecule has 0 amide bonds. The molecule has 2 aromatic carbocycles. The van der Waals surface area contributed by atoms with E-state index >= 15 is 0 Å². The first kappa shape index (κ1) is 22.7. The SMILES string of the molecule is COc1cc(C(=O)Oc2c(Br)cc(Br)cc2/C=C(\C)[N+](=O)[O-])cc(OC)c1OC. The number of esters is 1. The number of allylic oxidation sites excluding steroid dienone is 1. The zero-order chi connectivity index (χ0) is 21.7. The van der Waals surface area contributed by atoms with Gasteiger partial charge in [-0.05, 0) is 40.2 Å². The van der Waals surface area contributed by atoms with Crippen molar-refractivity contribution in [2.24, 2.45) is 0 Å². The summed E-state index contributed by atoms with van der Waals surface area (Å²) in [6.45, 7) is 1.35. The summed E-state index contributed by atoms with van der Waals surface area (Å²) in [6.07, 6.45) is 1.31. The molecule has 0 aliphatic carbocycles. The van der Waals surface area contributed by atoms with Gasteiger partial charge in [-0.15, -0.1) is 0 Å². The molecule has 0 aromatic heterocycles. The predicted octanol–water partition coefficient (Wildman–Crippen LogP) is 5.09. The first-order chi connectivity index (χ1) is 13.7. The molecule has 0 bridgehead atoms. The van der Waals surface area contributed by atoms with Crippen molar-refractivity contribution in [1.29, 1.82) is 0 Å². The summed E-state index contributed by atoms with van der Waals surface area (Å²) in [5.41, 5.74) is 0.386. The molecule has 0 aliphatic heterocycles. The minimum Gasteiger partial charge on any atom is -0.493 e. The monoisotopic (exact) mass is 529 g/mol. The Morgan fingerprint density at radius 2 is 1.59 bits per heavy atom. The van der Waals surface area contributed by atoms with E-state index in [4.69, 9.17) is 18.9 Å². The highest BCUT2D eigenvalue weighted by atomic mass is 79.9. The fourth-order valence-electron chi connectivity index (χ4n) is 2.42. The highest BCUT2D eigenvalue weighted by Gasteiger charge is 2.21. The molecule has 0 N–H and O–H groups in total. The molecule has 0 radical (unpaired) electrons. The van der Waals surface area contributed by atoms with E-state index in [2.05, 4.69) is 31.9 Å². The maximum atomic E-state index is 12.8. The molecule has 10 heteroatoms. The Hall–Kier alpha value is -2.59. The number of carbonyl (C=O) groups excluding carboxylic acids is 1. The van der Waals surface area contributed by atoms with E-state index in [1.165, 1.54) is 46.5 Å². The first-order valence-corrected chi connectivity index (χ1v) is 9.64. The summed E-state index contributed by atoms with van der Waals surface area (Å²) in [6, 6.07) is 6.18. The Morgan fingerprint density at radius 3 is 2.07 bits per heavy atom. The van der Waals surface area contributed by atoms with Gasteiger partial charge in [0.1, 0.15) is 0 Å². The third-order valence-electron chi connectivity index (χ3n) is 3.78. The fourth-order valence-corrected chi connectivity index (χ4v) is 3.76. The van der Waals surface area contributed by atoms with E-state index in [0.29, 0.717) is 20.3 Å². The van der Waals surface area contributed by atoms with E-state index in [0.717, 1.165) is 0 Å². The molecule has 0 spiro atoms. The van der Waals surface area contributed by atoms with Crippen LogP contribution < -0.4 is 18.9 Å². The molecule has 8 nitrogen and oxygen atoms in total. The van der Waals surface area contributed by atoms with Crippen LogP contribution in [0, 0.1) is 10.1 Å². The molecule has 0 fully saturated rings. The minimum atomic E-state index is -0.708. The predicted molar refractivity (Wildman–Crippen MR) is 114 cm³/mol. The molecule has 0 aliphatic rings. The molecule has 0 saturated carbocycles. The van der Waals surface area contributed by atoms with Gasteiger partial charge in [-0.2, -0.15) is 0 Å². The summed E-state index contributed by atoms with van der Waals surface area (Å²) in [4.78, 5) is 23.3. The summed E-state index contributed by atoms with van der Waals surface area (Å²) in [7, 11) is 4.32. The van der Waals surface area contributed by atoms with Crippen molar-refractivity contribution in [3.63, 3.8) is 0 Å². The average molecular weight is 531 g/mol. The lowest BCUT2D eigenvalue weighted by atomic mass is 10.1. The summed E-state index contributed by atoms with van der Waals surface area (Å²) >= 11 is 6.65. The minimum absolute atomic E-state index is 0.111. The smallest absolute Gasteiger partial charge is 0.343 e. The molecule has 29 heavy (non-hydrogen) atoms. The fraction of sp³-hybridized carbons (Fsp3) is 0.211. The van der Waals surface area contributed by atoms with Crippen LogP contribution in [-0.4, -0.2) is 32.2 Å². The molecule has 0 atom stereocenters. The summed E-state index contributed by atoms with van der Waals surface area (Å²) in [5, 5.41) is 11.0. The number of nitro groups is 1. The Balaban J connectivity index is 2.51. The van der Waals surface area contributed by atoms with Gasteiger partial charge >= 0.3 is 5.97 Å². The number of hydrogen-bond acceptors (Lipinski definition) is 7. The Labute approximate surface area is 183 Å². The standard InChI is InChI=1S/C19H17Br2NO7/c1-10(22(24)25)5-11-6-13(20)9-14(21)17(11)29-19(23)12-7-15(26-2)18(28-4)16(8-12)27-3/h5-9H,1-4H3/b10-5+. The lowest BCUT2D eigenvalue weighted by Crippen LogP contribution is -2.11. The lowest BCUT2D eigenvalue weighted by molar-refractivity contribution is -0.422. The Kier molecular flexibility index (Phi) is 7.63. The van der Waals surface area contributed by atoms with Crippen LogP contribution in [0.15, 0.2) is 38.9 Å². The normalized spacial score (nSPS) is 11.0. The highest BCUT2D eigenvalue weighted by Crippen LogP contribution is 2.39. The van der Waals surface area contributed by atoms with Crippen LogP contribution in [0.4, 0.5) is 0 Å². The van der Waals surface area contributed by atoms with E-state index in [1.807, 2.05) is 0 Å². The van der Waals surface area contributed by atoms with Crippen molar-refractivity contribution in [3.05, 3.63) is 60.1 Å². The second kappa shape index (κ2) is 9.75. The molecule has 154 valence electrons. The van der Waals surface area contributed by atoms with Crippen molar-refractivity contribution < 1.29 is 28.7 Å². The van der Waals surface area contributed by atoms with E-state index in [9.17, 15) is 14.9 Å². The van der Waals surface area contributed by atoms with Gasteiger partial charge in [0.05, 0.1) is 36.3 Å². The van der Waals surface area contributed by atoms with Crippen molar-refractivity contribution in [2.75, 3.05) is 21.3 Å². The first-order valence-electron chi connectivity index (χ1n) is 8.05. The number of nitrogens with zero attached hydrogens (tertiary/aromatic N) is 1. The molecule has 2 aromatic rings. The summed E-state index contributed by atoms with van der Waals surface area (Å²) in [5.74, 6) is 0.339. The zero-order valence-electron chi connectivity index (χ0n) is 15.9. The number of benzene rings is 2. The van der Waals surface area contributed by atoms with Crippen LogP contribution in [-0.2, 0) is 0 Å². The van der Waals surface area contributed by atoms with Crippen molar-refractivity contribution in [3.8, 4) is 23.0 Å². The number of rotatable bonds is 7. The topological polar surface area (TPSA) is 97.1 Å². The van der Waals surface area contributed by atoms with Crippen LogP contribution in [0.1, 0.15) is 22.8 Å². The number of carbonyl (C=O) groups is 1. The van der Waals surface area contributed by atoms with Gasteiger partial charge in [0.15, 0.2) is 17.2 Å². The maximum absolute atomic E-state index is 12.8. The Morgan fingerprint density at radius 1 is 1.00 bits per heavy atom.